The summed E-state index contributed by atoms with van der Waals surface area (Å²) in [6.45, 7) is 15.2. The monoisotopic (exact) mass is 411 g/mol. The zero-order chi connectivity index (χ0) is 15.2. The highest BCUT2D eigenvalue weighted by atomic mass is 127. The number of likely N-dealkylation sites (tertiary alicyclic amines) is 1. The van der Waals surface area contributed by atoms with Crippen LogP contribution in [0.3, 0.4) is 0 Å². The average Bonchev–Trinajstić information content (AvgIpc) is 2.39. The van der Waals surface area contributed by atoms with E-state index < -0.39 is 0 Å². The third-order valence-corrected chi connectivity index (χ3v) is 4.74. The maximum atomic E-state index is 5.07. The maximum absolute atomic E-state index is 5.07. The van der Waals surface area contributed by atoms with Gasteiger partial charge in [0.25, 0.3) is 0 Å². The number of halogens is 1. The van der Waals surface area contributed by atoms with Gasteiger partial charge in [-0.25, -0.2) is 0 Å². The minimum Gasteiger partial charge on any atom is -0.385 e. The van der Waals surface area contributed by atoms with E-state index in [-0.39, 0.29) is 29.5 Å². The molecule has 0 aromatic rings. The Balaban J connectivity index is 0.00000400. The highest BCUT2D eigenvalue weighted by Gasteiger charge is 2.53. The highest BCUT2D eigenvalue weighted by molar-refractivity contribution is 14.0. The molecule has 0 amide bonds. The first-order valence-electron chi connectivity index (χ1n) is 7.91. The topological polar surface area (TPSA) is 36.9 Å². The average molecular weight is 411 g/mol. The van der Waals surface area contributed by atoms with Gasteiger partial charge in [-0.15, -0.1) is 24.0 Å². The van der Waals surface area contributed by atoms with Gasteiger partial charge in [0.1, 0.15) is 0 Å². The van der Waals surface area contributed by atoms with Crippen molar-refractivity contribution in [3.8, 4) is 0 Å². The fourth-order valence-corrected chi connectivity index (χ4v) is 2.51. The van der Waals surface area contributed by atoms with Crippen molar-refractivity contribution in [3.05, 3.63) is 0 Å². The molecule has 0 radical (unpaired) electrons. The Morgan fingerprint density at radius 1 is 1.19 bits per heavy atom. The first-order chi connectivity index (χ1) is 9.36. The summed E-state index contributed by atoms with van der Waals surface area (Å²) < 4.78 is 5.07. The van der Waals surface area contributed by atoms with Crippen LogP contribution >= 0.6 is 24.0 Å². The number of hydrogen-bond donors (Lipinski definition) is 1. The van der Waals surface area contributed by atoms with Gasteiger partial charge >= 0.3 is 0 Å². The van der Waals surface area contributed by atoms with Gasteiger partial charge in [0.05, 0.1) is 0 Å². The Morgan fingerprint density at radius 3 is 2.33 bits per heavy atom. The lowest BCUT2D eigenvalue weighted by Gasteiger charge is -2.62. The summed E-state index contributed by atoms with van der Waals surface area (Å²) in [5.74, 6) is 1.07. The van der Waals surface area contributed by atoms with Crippen LogP contribution in [-0.4, -0.2) is 49.7 Å². The smallest absolute Gasteiger partial charge is 0.194 e. The molecule has 1 aliphatic heterocycles. The van der Waals surface area contributed by atoms with Crippen LogP contribution in [0.4, 0.5) is 0 Å². The number of unbranched alkanes of at least 4 members (excludes halogenated alkanes) is 2. The van der Waals surface area contributed by atoms with Crippen LogP contribution in [0.2, 0.25) is 0 Å². The van der Waals surface area contributed by atoms with Crippen LogP contribution in [0.25, 0.3) is 0 Å². The largest absolute Gasteiger partial charge is 0.385 e. The highest BCUT2D eigenvalue weighted by Crippen LogP contribution is 2.46. The lowest BCUT2D eigenvalue weighted by atomic mass is 9.65. The van der Waals surface area contributed by atoms with Crippen molar-refractivity contribution in [1.29, 1.82) is 0 Å². The summed E-state index contributed by atoms with van der Waals surface area (Å²) in [5.41, 5.74) is 0.520. The molecule has 21 heavy (non-hydrogen) atoms. The van der Waals surface area contributed by atoms with Crippen molar-refractivity contribution in [1.82, 2.24) is 10.2 Å². The summed E-state index contributed by atoms with van der Waals surface area (Å²) in [4.78, 5) is 7.19. The number of nitrogens with zero attached hydrogens (tertiary/aromatic N) is 2. The lowest BCUT2D eigenvalue weighted by molar-refractivity contribution is -0.0667. The fourth-order valence-electron chi connectivity index (χ4n) is 2.51. The summed E-state index contributed by atoms with van der Waals surface area (Å²) in [6, 6.07) is 0. The van der Waals surface area contributed by atoms with E-state index in [9.17, 15) is 0 Å². The first kappa shape index (κ1) is 21.0. The van der Waals surface area contributed by atoms with Crippen molar-refractivity contribution in [2.75, 3.05) is 33.4 Å². The molecule has 5 heteroatoms. The van der Waals surface area contributed by atoms with E-state index in [0.29, 0.717) is 5.41 Å². The second kappa shape index (κ2) is 9.18. The van der Waals surface area contributed by atoms with Crippen molar-refractivity contribution < 1.29 is 4.74 Å². The van der Waals surface area contributed by atoms with Crippen molar-refractivity contribution >= 4 is 29.9 Å². The van der Waals surface area contributed by atoms with Crippen LogP contribution in [-0.2, 0) is 4.74 Å². The van der Waals surface area contributed by atoms with Gasteiger partial charge in [-0.1, -0.05) is 13.8 Å². The standard InChI is InChI=1S/C16H33N3O.HI/c1-7-17-14(18-11-9-8-10-12-20-6)19-13-15(2,3)16(19,4)5;/h7-13H2,1-6H3,(H,17,18);1H. The molecular formula is C16H34IN3O. The molecule has 1 N–H and O–H groups in total. The van der Waals surface area contributed by atoms with E-state index in [1.54, 1.807) is 7.11 Å². The van der Waals surface area contributed by atoms with Gasteiger partial charge in [-0.2, -0.15) is 0 Å². The molecular weight excluding hydrogens is 377 g/mol. The molecule has 1 fully saturated rings. The molecule has 1 heterocycles. The van der Waals surface area contributed by atoms with Crippen LogP contribution < -0.4 is 5.32 Å². The molecule has 0 aromatic heterocycles. The van der Waals surface area contributed by atoms with Gasteiger partial charge < -0.3 is 15.0 Å². The Bertz CT molecular complexity index is 329. The van der Waals surface area contributed by atoms with E-state index >= 15 is 0 Å². The molecule has 1 rings (SSSR count). The van der Waals surface area contributed by atoms with Gasteiger partial charge in [-0.05, 0) is 40.0 Å². The number of ether oxygens (including phenoxy) is 1. The first-order valence-corrected chi connectivity index (χ1v) is 7.91. The van der Waals surface area contributed by atoms with Gasteiger partial charge in [0.15, 0.2) is 5.96 Å². The third kappa shape index (κ3) is 5.27. The van der Waals surface area contributed by atoms with Gasteiger partial charge in [0.2, 0.25) is 0 Å². The van der Waals surface area contributed by atoms with E-state index in [2.05, 4.69) is 44.8 Å². The Labute approximate surface area is 148 Å². The molecule has 4 nitrogen and oxygen atoms in total. The predicted octanol–water partition coefficient (Wildman–Crippen LogP) is 3.51. The zero-order valence-electron chi connectivity index (χ0n) is 14.7. The minimum absolute atomic E-state index is 0. The summed E-state index contributed by atoms with van der Waals surface area (Å²) in [6.07, 6.45) is 3.45. The number of methoxy groups -OCH3 is 1. The molecule has 0 unspecified atom stereocenters. The van der Waals surface area contributed by atoms with E-state index in [0.717, 1.165) is 45.0 Å². The number of aliphatic imine (C=N–C) groups is 1. The van der Waals surface area contributed by atoms with Crippen molar-refractivity contribution in [2.45, 2.75) is 59.4 Å². The number of rotatable bonds is 7. The Morgan fingerprint density at radius 2 is 1.86 bits per heavy atom. The number of guanidine groups is 1. The molecule has 0 atom stereocenters. The number of nitrogens with one attached hydrogen (secondary N) is 1. The van der Waals surface area contributed by atoms with Gasteiger partial charge in [-0.3, -0.25) is 4.99 Å². The van der Waals surface area contributed by atoms with Crippen molar-refractivity contribution in [2.24, 2.45) is 10.4 Å². The number of hydrogen-bond acceptors (Lipinski definition) is 2. The van der Waals surface area contributed by atoms with Crippen LogP contribution in [0.5, 0.6) is 0 Å². The molecule has 0 bridgehead atoms. The normalized spacial score (nSPS) is 19.7. The van der Waals surface area contributed by atoms with E-state index in [4.69, 9.17) is 9.73 Å². The fraction of sp³-hybridized carbons (Fsp3) is 0.938. The molecule has 126 valence electrons. The second-order valence-corrected chi connectivity index (χ2v) is 6.82. The maximum Gasteiger partial charge on any atom is 0.194 e. The third-order valence-electron chi connectivity index (χ3n) is 4.74. The molecule has 1 aliphatic rings. The van der Waals surface area contributed by atoms with Crippen LogP contribution in [0, 0.1) is 5.41 Å². The summed E-state index contributed by atoms with van der Waals surface area (Å²) >= 11 is 0. The van der Waals surface area contributed by atoms with E-state index in [1.165, 1.54) is 6.42 Å². The quantitative estimate of drug-likeness (QED) is 0.302. The Hall–Kier alpha value is -0.0400. The van der Waals surface area contributed by atoms with Crippen LogP contribution in [0.15, 0.2) is 4.99 Å². The molecule has 0 aliphatic carbocycles. The summed E-state index contributed by atoms with van der Waals surface area (Å²) in [5, 5.41) is 3.43. The SMILES string of the molecule is CCNC(=NCCCCCOC)N1CC(C)(C)C1(C)C.I. The molecule has 0 saturated carbocycles. The molecule has 0 spiro atoms. The Kier molecular flexibility index (Phi) is 9.16. The lowest BCUT2D eigenvalue weighted by Crippen LogP contribution is -2.72. The molecule has 1 saturated heterocycles. The predicted molar refractivity (Wildman–Crippen MR) is 102 cm³/mol. The second-order valence-electron chi connectivity index (χ2n) is 6.82. The van der Waals surface area contributed by atoms with Gasteiger partial charge in [0, 0.05) is 44.3 Å². The zero-order valence-corrected chi connectivity index (χ0v) is 17.0. The van der Waals surface area contributed by atoms with Crippen LogP contribution in [0.1, 0.15) is 53.9 Å². The minimum atomic E-state index is 0. The molecule has 0 aromatic carbocycles. The van der Waals surface area contributed by atoms with E-state index in [1.807, 2.05) is 0 Å². The summed E-state index contributed by atoms with van der Waals surface area (Å²) in [7, 11) is 1.76. The van der Waals surface area contributed by atoms with Crippen molar-refractivity contribution in [3.63, 3.8) is 0 Å².